The number of hydrogen-bond donors (Lipinski definition) is 1. The van der Waals surface area contributed by atoms with Crippen LogP contribution >= 0.6 is 24.0 Å². The molecule has 0 amide bonds. The summed E-state index contributed by atoms with van der Waals surface area (Å²) in [5.41, 5.74) is 0. The van der Waals surface area contributed by atoms with Crippen molar-refractivity contribution in [2.45, 2.75) is 52.4 Å². The highest BCUT2D eigenvalue weighted by atomic mass is 127. The van der Waals surface area contributed by atoms with Crippen LogP contribution in [-0.4, -0.2) is 80.0 Å². The molecule has 0 aliphatic carbocycles. The zero-order valence-corrected chi connectivity index (χ0v) is 17.9. The number of hydrogen-bond acceptors (Lipinski definition) is 3. The lowest BCUT2D eigenvalue weighted by molar-refractivity contribution is -0.181. The third-order valence-electron chi connectivity index (χ3n) is 3.99. The van der Waals surface area contributed by atoms with Gasteiger partial charge in [0.15, 0.2) is 5.96 Å². The third kappa shape index (κ3) is 9.28. The molecule has 150 valence electrons. The van der Waals surface area contributed by atoms with E-state index in [4.69, 9.17) is 4.74 Å². The summed E-state index contributed by atoms with van der Waals surface area (Å²) in [6.07, 6.45) is -3.12. The SMILES string of the molecule is CCNC(=NCCCOC(C)C)N1CCN(C(C)C(F)(F)F)CC1.I. The molecule has 9 heteroatoms. The Hall–Kier alpha value is -0.290. The van der Waals surface area contributed by atoms with Crippen molar-refractivity contribution in [2.24, 2.45) is 4.99 Å². The molecule has 25 heavy (non-hydrogen) atoms. The average molecular weight is 480 g/mol. The van der Waals surface area contributed by atoms with E-state index >= 15 is 0 Å². The van der Waals surface area contributed by atoms with Crippen molar-refractivity contribution in [2.75, 3.05) is 45.9 Å². The average Bonchev–Trinajstić information content (AvgIpc) is 2.52. The topological polar surface area (TPSA) is 40.1 Å². The maximum Gasteiger partial charge on any atom is 0.403 e. The van der Waals surface area contributed by atoms with E-state index in [0.29, 0.717) is 39.3 Å². The van der Waals surface area contributed by atoms with Crippen molar-refractivity contribution in [3.05, 3.63) is 0 Å². The minimum atomic E-state index is -4.17. The van der Waals surface area contributed by atoms with Gasteiger partial charge in [0, 0.05) is 45.9 Å². The first-order valence-electron chi connectivity index (χ1n) is 8.71. The maximum absolute atomic E-state index is 12.8. The number of guanidine groups is 1. The zero-order valence-electron chi connectivity index (χ0n) is 15.6. The van der Waals surface area contributed by atoms with Crippen molar-refractivity contribution < 1.29 is 17.9 Å². The fourth-order valence-electron chi connectivity index (χ4n) is 2.52. The van der Waals surface area contributed by atoms with Crippen molar-refractivity contribution in [3.63, 3.8) is 0 Å². The Labute approximate surface area is 166 Å². The molecule has 0 radical (unpaired) electrons. The van der Waals surface area contributed by atoms with Crippen LogP contribution in [-0.2, 0) is 4.74 Å². The molecule has 1 N–H and O–H groups in total. The van der Waals surface area contributed by atoms with Crippen LogP contribution in [0.5, 0.6) is 0 Å². The van der Waals surface area contributed by atoms with Crippen LogP contribution in [0, 0.1) is 0 Å². The molecule has 5 nitrogen and oxygen atoms in total. The van der Waals surface area contributed by atoms with E-state index in [1.54, 1.807) is 0 Å². The van der Waals surface area contributed by atoms with E-state index in [1.165, 1.54) is 11.8 Å². The summed E-state index contributed by atoms with van der Waals surface area (Å²) >= 11 is 0. The number of alkyl halides is 3. The van der Waals surface area contributed by atoms with Gasteiger partial charge in [-0.2, -0.15) is 13.2 Å². The standard InChI is InChI=1S/C16H31F3N4O.HI/c1-5-20-15(21-7-6-12-24-13(2)3)23-10-8-22(9-11-23)14(4)16(17,18)19;/h13-14H,5-12H2,1-4H3,(H,20,21);1H. The van der Waals surface area contributed by atoms with Crippen molar-refractivity contribution in [1.82, 2.24) is 15.1 Å². The summed E-state index contributed by atoms with van der Waals surface area (Å²) in [6, 6.07) is -1.40. The molecule has 1 saturated heterocycles. The summed E-state index contributed by atoms with van der Waals surface area (Å²) in [5, 5.41) is 3.22. The smallest absolute Gasteiger partial charge is 0.379 e. The minimum Gasteiger partial charge on any atom is -0.379 e. The van der Waals surface area contributed by atoms with Crippen LogP contribution in [0.25, 0.3) is 0 Å². The summed E-state index contributed by atoms with van der Waals surface area (Å²) in [4.78, 5) is 8.08. The fourth-order valence-corrected chi connectivity index (χ4v) is 2.52. The van der Waals surface area contributed by atoms with Gasteiger partial charge in [0.2, 0.25) is 0 Å². The van der Waals surface area contributed by atoms with Gasteiger partial charge in [-0.25, -0.2) is 0 Å². The lowest BCUT2D eigenvalue weighted by Crippen LogP contribution is -2.56. The van der Waals surface area contributed by atoms with Crippen molar-refractivity contribution >= 4 is 29.9 Å². The third-order valence-corrected chi connectivity index (χ3v) is 3.99. The minimum absolute atomic E-state index is 0. The quantitative estimate of drug-likeness (QED) is 0.263. The Balaban J connectivity index is 0.00000576. The highest BCUT2D eigenvalue weighted by Gasteiger charge is 2.41. The predicted molar refractivity (Wildman–Crippen MR) is 106 cm³/mol. The second kappa shape index (κ2) is 12.2. The number of piperazine rings is 1. The van der Waals surface area contributed by atoms with Crippen LogP contribution in [0.3, 0.4) is 0 Å². The molecule has 0 aromatic rings. The Kier molecular flexibility index (Phi) is 12.0. The van der Waals surface area contributed by atoms with Crippen molar-refractivity contribution in [3.8, 4) is 0 Å². The van der Waals surface area contributed by atoms with E-state index < -0.39 is 12.2 Å². The van der Waals surface area contributed by atoms with E-state index in [1.807, 2.05) is 25.7 Å². The second-order valence-corrected chi connectivity index (χ2v) is 6.25. The van der Waals surface area contributed by atoms with Crippen LogP contribution in [0.4, 0.5) is 13.2 Å². The molecule has 1 fully saturated rings. The summed E-state index contributed by atoms with van der Waals surface area (Å²) in [6.45, 7) is 11.1. The second-order valence-electron chi connectivity index (χ2n) is 6.25. The van der Waals surface area contributed by atoms with Gasteiger partial charge in [-0.3, -0.25) is 9.89 Å². The molecule has 1 aliphatic rings. The number of ether oxygens (including phenoxy) is 1. The predicted octanol–water partition coefficient (Wildman–Crippen LogP) is 2.95. The molecule has 0 spiro atoms. The first-order chi connectivity index (χ1) is 11.3. The first kappa shape index (κ1) is 24.7. The van der Waals surface area contributed by atoms with Crippen LogP contribution in [0.2, 0.25) is 0 Å². The van der Waals surface area contributed by atoms with E-state index in [-0.39, 0.29) is 30.1 Å². The Morgan fingerprint density at radius 3 is 2.24 bits per heavy atom. The van der Waals surface area contributed by atoms with Gasteiger partial charge in [0.25, 0.3) is 0 Å². The largest absolute Gasteiger partial charge is 0.403 e. The van der Waals surface area contributed by atoms with Gasteiger partial charge in [0.1, 0.15) is 6.04 Å². The van der Waals surface area contributed by atoms with Gasteiger partial charge in [0.05, 0.1) is 6.10 Å². The highest BCUT2D eigenvalue weighted by Crippen LogP contribution is 2.25. The number of rotatable bonds is 7. The molecular weight excluding hydrogens is 448 g/mol. The zero-order chi connectivity index (χ0) is 18.2. The van der Waals surface area contributed by atoms with Gasteiger partial charge < -0.3 is 15.0 Å². The fraction of sp³-hybridized carbons (Fsp3) is 0.938. The van der Waals surface area contributed by atoms with Gasteiger partial charge in [-0.05, 0) is 34.1 Å². The lowest BCUT2D eigenvalue weighted by Gasteiger charge is -2.39. The number of halogens is 4. The normalized spacial score (nSPS) is 18.2. The molecule has 1 aliphatic heterocycles. The Morgan fingerprint density at radius 1 is 1.16 bits per heavy atom. The molecule has 0 aromatic heterocycles. The molecular formula is C16H32F3IN4O. The van der Waals surface area contributed by atoms with Crippen LogP contribution < -0.4 is 5.32 Å². The molecule has 1 atom stereocenters. The van der Waals surface area contributed by atoms with E-state index in [2.05, 4.69) is 10.3 Å². The maximum atomic E-state index is 12.8. The monoisotopic (exact) mass is 480 g/mol. The number of nitrogens with zero attached hydrogens (tertiary/aromatic N) is 3. The Morgan fingerprint density at radius 2 is 1.76 bits per heavy atom. The summed E-state index contributed by atoms with van der Waals surface area (Å²) in [5.74, 6) is 0.779. The molecule has 1 heterocycles. The molecule has 0 bridgehead atoms. The number of nitrogens with one attached hydrogen (secondary N) is 1. The van der Waals surface area contributed by atoms with Crippen LogP contribution in [0.1, 0.15) is 34.1 Å². The number of aliphatic imine (C=N–C) groups is 1. The summed E-state index contributed by atoms with van der Waals surface area (Å²) in [7, 11) is 0. The van der Waals surface area contributed by atoms with E-state index in [0.717, 1.165) is 18.9 Å². The van der Waals surface area contributed by atoms with Crippen LogP contribution in [0.15, 0.2) is 4.99 Å². The summed E-state index contributed by atoms with van der Waals surface area (Å²) < 4.78 is 43.9. The van der Waals surface area contributed by atoms with Gasteiger partial charge in [-0.1, -0.05) is 0 Å². The van der Waals surface area contributed by atoms with E-state index in [9.17, 15) is 13.2 Å². The van der Waals surface area contributed by atoms with Gasteiger partial charge in [-0.15, -0.1) is 24.0 Å². The van der Waals surface area contributed by atoms with Gasteiger partial charge >= 0.3 is 6.18 Å². The van der Waals surface area contributed by atoms with Crippen molar-refractivity contribution in [1.29, 1.82) is 0 Å². The molecule has 0 aromatic carbocycles. The Bertz CT molecular complexity index is 386. The molecule has 0 saturated carbocycles. The first-order valence-corrected chi connectivity index (χ1v) is 8.71. The molecule has 1 unspecified atom stereocenters. The highest BCUT2D eigenvalue weighted by molar-refractivity contribution is 14.0. The molecule has 1 rings (SSSR count). The lowest BCUT2D eigenvalue weighted by atomic mass is 10.2.